The summed E-state index contributed by atoms with van der Waals surface area (Å²) in [4.78, 5) is 2.61. The maximum absolute atomic E-state index is 6.12. The minimum absolute atomic E-state index is 0.555. The Morgan fingerprint density at radius 2 is 2.06 bits per heavy atom. The fraction of sp³-hybridized carbons (Fsp3) is 0.467. The molecule has 3 heterocycles. The largest absolute Gasteiger partial charge is 0.459 e. The molecular weight excluding hydrogens is 210 g/mol. The Balaban J connectivity index is 1.89. The number of piperidine rings is 1. The lowest BCUT2D eigenvalue weighted by Gasteiger charge is -2.38. The van der Waals surface area contributed by atoms with Gasteiger partial charge in [0.2, 0.25) is 0 Å². The molecule has 4 rings (SSSR count). The number of para-hydroxylation sites is 1. The molecule has 1 saturated heterocycles. The van der Waals surface area contributed by atoms with E-state index in [2.05, 4.69) is 29.2 Å². The predicted molar refractivity (Wildman–Crippen MR) is 68.1 cm³/mol. The molecule has 0 bridgehead atoms. The molecule has 1 atom stereocenters. The van der Waals surface area contributed by atoms with Crippen molar-refractivity contribution < 1.29 is 4.42 Å². The molecule has 0 radical (unpaired) electrons. The van der Waals surface area contributed by atoms with E-state index < -0.39 is 0 Å². The summed E-state index contributed by atoms with van der Waals surface area (Å²) >= 11 is 0. The van der Waals surface area contributed by atoms with Crippen molar-refractivity contribution in [3.8, 4) is 0 Å². The fourth-order valence-corrected chi connectivity index (χ4v) is 3.46. The van der Waals surface area contributed by atoms with Crippen LogP contribution in [-0.2, 0) is 6.42 Å². The van der Waals surface area contributed by atoms with Gasteiger partial charge in [0.05, 0.1) is 6.04 Å². The van der Waals surface area contributed by atoms with Gasteiger partial charge in [0.25, 0.3) is 0 Å². The second kappa shape index (κ2) is 3.61. The lowest BCUT2D eigenvalue weighted by atomic mass is 9.91. The van der Waals surface area contributed by atoms with Crippen LogP contribution in [0.2, 0.25) is 0 Å². The molecular formula is C15H17NO. The van der Waals surface area contributed by atoms with E-state index in [-0.39, 0.29) is 0 Å². The topological polar surface area (TPSA) is 16.4 Å². The van der Waals surface area contributed by atoms with E-state index >= 15 is 0 Å². The molecule has 0 unspecified atom stereocenters. The SMILES string of the molecule is c1ccc2c3c(oc2c1)[C@@H]1CCCCN1CC3. The highest BCUT2D eigenvalue weighted by Gasteiger charge is 2.33. The van der Waals surface area contributed by atoms with Crippen molar-refractivity contribution >= 4 is 11.0 Å². The highest BCUT2D eigenvalue weighted by Crippen LogP contribution is 2.40. The van der Waals surface area contributed by atoms with Gasteiger partial charge in [-0.05, 0) is 31.9 Å². The second-order valence-corrected chi connectivity index (χ2v) is 5.24. The van der Waals surface area contributed by atoms with Gasteiger partial charge >= 0.3 is 0 Å². The molecule has 17 heavy (non-hydrogen) atoms. The van der Waals surface area contributed by atoms with Gasteiger partial charge in [0.1, 0.15) is 11.3 Å². The van der Waals surface area contributed by atoms with Crippen LogP contribution in [0.15, 0.2) is 28.7 Å². The molecule has 2 heteroatoms. The van der Waals surface area contributed by atoms with Crippen molar-refractivity contribution in [3.05, 3.63) is 35.6 Å². The molecule has 0 N–H and O–H groups in total. The van der Waals surface area contributed by atoms with Crippen molar-refractivity contribution in [2.45, 2.75) is 31.7 Å². The first kappa shape index (κ1) is 9.72. The zero-order valence-corrected chi connectivity index (χ0v) is 9.98. The molecule has 0 amide bonds. The van der Waals surface area contributed by atoms with Gasteiger partial charge in [0.15, 0.2) is 0 Å². The lowest BCUT2D eigenvalue weighted by molar-refractivity contribution is 0.120. The van der Waals surface area contributed by atoms with Gasteiger partial charge in [-0.1, -0.05) is 24.6 Å². The Labute approximate surface area is 101 Å². The summed E-state index contributed by atoms with van der Waals surface area (Å²) in [6, 6.07) is 9.04. The highest BCUT2D eigenvalue weighted by atomic mass is 16.3. The summed E-state index contributed by atoms with van der Waals surface area (Å²) in [6.07, 6.45) is 5.12. The Morgan fingerprint density at radius 3 is 3.06 bits per heavy atom. The number of fused-ring (bicyclic) bond motifs is 5. The van der Waals surface area contributed by atoms with Gasteiger partial charge in [-0.15, -0.1) is 0 Å². The van der Waals surface area contributed by atoms with E-state index in [9.17, 15) is 0 Å². The van der Waals surface area contributed by atoms with Crippen LogP contribution in [0.3, 0.4) is 0 Å². The minimum atomic E-state index is 0.555. The number of hydrogen-bond acceptors (Lipinski definition) is 2. The van der Waals surface area contributed by atoms with Crippen molar-refractivity contribution in [2.75, 3.05) is 13.1 Å². The highest BCUT2D eigenvalue weighted by molar-refractivity contribution is 5.82. The Morgan fingerprint density at radius 1 is 1.12 bits per heavy atom. The van der Waals surface area contributed by atoms with Crippen LogP contribution in [0.5, 0.6) is 0 Å². The first-order chi connectivity index (χ1) is 8.43. The number of rotatable bonds is 0. The molecule has 1 aromatic heterocycles. The average molecular weight is 227 g/mol. The third-order valence-electron chi connectivity index (χ3n) is 4.29. The van der Waals surface area contributed by atoms with Crippen LogP contribution in [0.1, 0.15) is 36.6 Å². The molecule has 2 aliphatic rings. The predicted octanol–water partition coefficient (Wildman–Crippen LogP) is 3.52. The molecule has 0 spiro atoms. The number of nitrogens with zero attached hydrogens (tertiary/aromatic N) is 1. The van der Waals surface area contributed by atoms with E-state index in [1.54, 1.807) is 0 Å². The molecule has 2 aliphatic heterocycles. The zero-order chi connectivity index (χ0) is 11.2. The minimum Gasteiger partial charge on any atom is -0.459 e. The van der Waals surface area contributed by atoms with E-state index in [0.29, 0.717) is 6.04 Å². The maximum Gasteiger partial charge on any atom is 0.134 e. The summed E-state index contributed by atoms with van der Waals surface area (Å²) in [5.41, 5.74) is 2.55. The first-order valence-corrected chi connectivity index (χ1v) is 6.68. The summed E-state index contributed by atoms with van der Waals surface area (Å²) in [5, 5.41) is 1.34. The van der Waals surface area contributed by atoms with Crippen LogP contribution in [0, 0.1) is 0 Å². The molecule has 1 fully saturated rings. The molecule has 0 aliphatic carbocycles. The zero-order valence-electron chi connectivity index (χ0n) is 9.98. The van der Waals surface area contributed by atoms with E-state index in [1.165, 1.54) is 49.1 Å². The molecule has 88 valence electrons. The van der Waals surface area contributed by atoms with E-state index in [4.69, 9.17) is 4.42 Å². The summed E-state index contributed by atoms with van der Waals surface area (Å²) in [5.74, 6) is 1.26. The van der Waals surface area contributed by atoms with Crippen molar-refractivity contribution in [1.82, 2.24) is 4.90 Å². The number of benzene rings is 1. The first-order valence-electron chi connectivity index (χ1n) is 6.68. The van der Waals surface area contributed by atoms with Gasteiger partial charge in [-0.2, -0.15) is 0 Å². The normalized spacial score (nSPS) is 24.6. The summed E-state index contributed by atoms with van der Waals surface area (Å²) < 4.78 is 6.12. The van der Waals surface area contributed by atoms with Crippen LogP contribution in [0.25, 0.3) is 11.0 Å². The van der Waals surface area contributed by atoms with Gasteiger partial charge in [-0.25, -0.2) is 0 Å². The van der Waals surface area contributed by atoms with Crippen molar-refractivity contribution in [1.29, 1.82) is 0 Å². The quantitative estimate of drug-likeness (QED) is 0.684. The van der Waals surface area contributed by atoms with Gasteiger partial charge in [-0.3, -0.25) is 4.90 Å². The van der Waals surface area contributed by atoms with Crippen LogP contribution in [0.4, 0.5) is 0 Å². The lowest BCUT2D eigenvalue weighted by Crippen LogP contribution is -2.38. The third kappa shape index (κ3) is 1.37. The van der Waals surface area contributed by atoms with Crippen molar-refractivity contribution in [3.63, 3.8) is 0 Å². The second-order valence-electron chi connectivity index (χ2n) is 5.24. The van der Waals surface area contributed by atoms with Gasteiger partial charge in [0, 0.05) is 17.5 Å². The molecule has 1 aromatic carbocycles. The monoisotopic (exact) mass is 227 g/mol. The standard InChI is InChI=1S/C15H17NO/c1-2-7-14-11(5-1)12-8-10-16-9-4-3-6-13(16)15(12)17-14/h1-2,5,7,13H,3-4,6,8-10H2/t13-/m0/s1. The summed E-state index contributed by atoms with van der Waals surface area (Å²) in [6.45, 7) is 2.46. The fourth-order valence-electron chi connectivity index (χ4n) is 3.46. The van der Waals surface area contributed by atoms with Crippen LogP contribution < -0.4 is 0 Å². The van der Waals surface area contributed by atoms with E-state index in [1.807, 2.05) is 0 Å². The summed E-state index contributed by atoms with van der Waals surface area (Å²) in [7, 11) is 0. The Hall–Kier alpha value is -1.28. The smallest absolute Gasteiger partial charge is 0.134 e. The third-order valence-corrected chi connectivity index (χ3v) is 4.29. The molecule has 2 aromatic rings. The molecule has 0 saturated carbocycles. The van der Waals surface area contributed by atoms with Crippen molar-refractivity contribution in [2.24, 2.45) is 0 Å². The molecule has 2 nitrogen and oxygen atoms in total. The van der Waals surface area contributed by atoms with E-state index in [0.717, 1.165) is 12.0 Å². The van der Waals surface area contributed by atoms with Crippen LogP contribution >= 0.6 is 0 Å². The van der Waals surface area contributed by atoms with Gasteiger partial charge < -0.3 is 4.42 Å². The maximum atomic E-state index is 6.12. The van der Waals surface area contributed by atoms with Crippen LogP contribution in [-0.4, -0.2) is 18.0 Å². The average Bonchev–Trinajstić information content (AvgIpc) is 2.78. The number of furan rings is 1. The Bertz CT molecular complexity index is 557. The Kier molecular flexibility index (Phi) is 2.06. The number of hydrogen-bond donors (Lipinski definition) is 0.